The van der Waals surface area contributed by atoms with E-state index in [1.54, 1.807) is 36.4 Å². The molecule has 0 unspecified atom stereocenters. The third-order valence-electron chi connectivity index (χ3n) is 3.32. The number of carbonyl (C=O) groups is 1. The largest absolute Gasteiger partial charge is 0.467 e. The molecule has 3 rings (SSSR count). The number of rotatable bonds is 4. The fraction of sp³-hybridized carbons (Fsp3) is 0.125. The number of H-pyrrole nitrogens is 1. The Morgan fingerprint density at radius 1 is 1.32 bits per heavy atom. The number of carbonyl (C=O) groups excluding carboxylic acids is 1. The van der Waals surface area contributed by atoms with E-state index in [0.717, 1.165) is 11.3 Å². The zero-order chi connectivity index (χ0) is 15.5. The molecule has 5 nitrogen and oxygen atoms in total. The summed E-state index contributed by atoms with van der Waals surface area (Å²) >= 11 is 5.89. The third kappa shape index (κ3) is 2.89. The molecule has 3 aromatic rings. The van der Waals surface area contributed by atoms with Crippen molar-refractivity contribution in [2.45, 2.75) is 6.54 Å². The van der Waals surface area contributed by atoms with E-state index in [9.17, 15) is 4.79 Å². The Balaban J connectivity index is 1.84. The number of hydrogen-bond donors (Lipinski definition) is 1. The number of nitrogens with one attached hydrogen (secondary N) is 1. The van der Waals surface area contributed by atoms with Crippen molar-refractivity contribution >= 4 is 17.5 Å². The van der Waals surface area contributed by atoms with Crippen LogP contribution in [0.3, 0.4) is 0 Å². The molecule has 6 heteroatoms. The first-order chi connectivity index (χ1) is 10.6. The van der Waals surface area contributed by atoms with Crippen LogP contribution in [0.2, 0.25) is 5.02 Å². The van der Waals surface area contributed by atoms with E-state index in [-0.39, 0.29) is 5.91 Å². The topological polar surface area (TPSA) is 62.1 Å². The summed E-state index contributed by atoms with van der Waals surface area (Å²) in [5, 5.41) is 7.51. The molecule has 1 N–H and O–H groups in total. The Morgan fingerprint density at radius 2 is 2.09 bits per heavy atom. The van der Waals surface area contributed by atoms with Crippen molar-refractivity contribution in [1.82, 2.24) is 15.1 Å². The van der Waals surface area contributed by atoms with Gasteiger partial charge in [-0.05, 0) is 24.3 Å². The molecule has 0 saturated heterocycles. The molecule has 0 saturated carbocycles. The van der Waals surface area contributed by atoms with Gasteiger partial charge in [0.15, 0.2) is 0 Å². The van der Waals surface area contributed by atoms with Crippen LogP contribution in [0.1, 0.15) is 16.1 Å². The molecule has 0 aliphatic carbocycles. The number of halogens is 1. The summed E-state index contributed by atoms with van der Waals surface area (Å²) in [6, 6.07) is 10.9. The normalized spacial score (nSPS) is 10.6. The van der Waals surface area contributed by atoms with Crippen LogP contribution in [0.5, 0.6) is 0 Å². The molecule has 22 heavy (non-hydrogen) atoms. The van der Waals surface area contributed by atoms with Gasteiger partial charge in [0.25, 0.3) is 5.91 Å². The van der Waals surface area contributed by atoms with Gasteiger partial charge in [-0.25, -0.2) is 0 Å². The van der Waals surface area contributed by atoms with Gasteiger partial charge in [-0.1, -0.05) is 23.7 Å². The van der Waals surface area contributed by atoms with E-state index in [1.807, 2.05) is 18.2 Å². The Bertz CT molecular complexity index is 763. The minimum absolute atomic E-state index is 0.130. The van der Waals surface area contributed by atoms with E-state index < -0.39 is 0 Å². The standard InChI is InChI=1S/C16H14ClN3O2/c1-20(10-13-3-2-8-22-13)16(21)14-9-18-19-15(14)11-4-6-12(17)7-5-11/h2-9H,10H2,1H3,(H,18,19). The van der Waals surface area contributed by atoms with Crippen LogP contribution < -0.4 is 0 Å². The number of benzene rings is 1. The predicted octanol–water partition coefficient (Wildman–Crippen LogP) is 3.60. The SMILES string of the molecule is CN(Cc1ccco1)C(=O)c1cn[nH]c1-c1ccc(Cl)cc1. The van der Waals surface area contributed by atoms with Crippen molar-refractivity contribution in [1.29, 1.82) is 0 Å². The van der Waals surface area contributed by atoms with Gasteiger partial charge in [0, 0.05) is 17.6 Å². The highest BCUT2D eigenvalue weighted by atomic mass is 35.5. The van der Waals surface area contributed by atoms with Crippen LogP contribution in [0, 0.1) is 0 Å². The predicted molar refractivity (Wildman–Crippen MR) is 83.5 cm³/mol. The van der Waals surface area contributed by atoms with Crippen LogP contribution in [0.25, 0.3) is 11.3 Å². The summed E-state index contributed by atoms with van der Waals surface area (Å²) < 4.78 is 5.27. The average Bonchev–Trinajstić information content (AvgIpc) is 3.18. The monoisotopic (exact) mass is 315 g/mol. The van der Waals surface area contributed by atoms with Crippen LogP contribution in [-0.4, -0.2) is 28.1 Å². The number of nitrogens with zero attached hydrogens (tertiary/aromatic N) is 2. The van der Waals surface area contributed by atoms with Gasteiger partial charge in [0.1, 0.15) is 5.76 Å². The zero-order valence-electron chi connectivity index (χ0n) is 11.9. The maximum absolute atomic E-state index is 12.6. The first-order valence-electron chi connectivity index (χ1n) is 6.72. The lowest BCUT2D eigenvalue weighted by molar-refractivity contribution is 0.0776. The van der Waals surface area contributed by atoms with Gasteiger partial charge in [-0.2, -0.15) is 5.10 Å². The highest BCUT2D eigenvalue weighted by molar-refractivity contribution is 6.30. The van der Waals surface area contributed by atoms with Crippen molar-refractivity contribution in [2.75, 3.05) is 7.05 Å². The fourth-order valence-corrected chi connectivity index (χ4v) is 2.32. The van der Waals surface area contributed by atoms with Crippen LogP contribution in [-0.2, 0) is 6.54 Å². The highest BCUT2D eigenvalue weighted by Gasteiger charge is 2.19. The molecule has 0 atom stereocenters. The van der Waals surface area contributed by atoms with Gasteiger partial charge in [-0.3, -0.25) is 9.89 Å². The van der Waals surface area contributed by atoms with Gasteiger partial charge in [0.05, 0.1) is 30.3 Å². The maximum atomic E-state index is 12.6. The number of amides is 1. The second-order valence-electron chi connectivity index (χ2n) is 4.91. The van der Waals surface area contributed by atoms with Crippen molar-refractivity contribution in [2.24, 2.45) is 0 Å². The molecular formula is C16H14ClN3O2. The number of furan rings is 1. The van der Waals surface area contributed by atoms with Crippen molar-refractivity contribution in [3.63, 3.8) is 0 Å². The molecule has 112 valence electrons. The molecule has 1 amide bonds. The number of hydrogen-bond acceptors (Lipinski definition) is 3. The quantitative estimate of drug-likeness (QED) is 0.800. The molecular weight excluding hydrogens is 302 g/mol. The molecule has 0 spiro atoms. The Morgan fingerprint density at radius 3 is 2.77 bits per heavy atom. The Labute approximate surface area is 132 Å². The summed E-state index contributed by atoms with van der Waals surface area (Å²) in [5.74, 6) is 0.600. The Hall–Kier alpha value is -2.53. The van der Waals surface area contributed by atoms with Gasteiger partial charge in [0.2, 0.25) is 0 Å². The van der Waals surface area contributed by atoms with Crippen molar-refractivity contribution < 1.29 is 9.21 Å². The summed E-state index contributed by atoms with van der Waals surface area (Å²) in [4.78, 5) is 14.2. The van der Waals surface area contributed by atoms with Crippen molar-refractivity contribution in [3.8, 4) is 11.3 Å². The van der Waals surface area contributed by atoms with E-state index in [1.165, 1.54) is 6.20 Å². The van der Waals surface area contributed by atoms with E-state index in [4.69, 9.17) is 16.0 Å². The third-order valence-corrected chi connectivity index (χ3v) is 3.57. The molecule has 1 aromatic carbocycles. The average molecular weight is 316 g/mol. The second kappa shape index (κ2) is 6.07. The molecule has 0 fully saturated rings. The van der Waals surface area contributed by atoms with Gasteiger partial charge < -0.3 is 9.32 Å². The zero-order valence-corrected chi connectivity index (χ0v) is 12.7. The summed E-state index contributed by atoms with van der Waals surface area (Å²) in [5.41, 5.74) is 2.04. The lowest BCUT2D eigenvalue weighted by atomic mass is 10.1. The van der Waals surface area contributed by atoms with Crippen molar-refractivity contribution in [3.05, 3.63) is 65.2 Å². The van der Waals surface area contributed by atoms with Crippen LogP contribution >= 0.6 is 11.6 Å². The maximum Gasteiger partial charge on any atom is 0.257 e. The highest BCUT2D eigenvalue weighted by Crippen LogP contribution is 2.24. The van der Waals surface area contributed by atoms with Gasteiger partial charge >= 0.3 is 0 Å². The number of aromatic amines is 1. The van der Waals surface area contributed by atoms with E-state index in [0.29, 0.717) is 22.8 Å². The first kappa shape index (κ1) is 14.4. The molecule has 0 aliphatic heterocycles. The van der Waals surface area contributed by atoms with E-state index in [2.05, 4.69) is 10.2 Å². The molecule has 2 heterocycles. The van der Waals surface area contributed by atoms with E-state index >= 15 is 0 Å². The molecule has 2 aromatic heterocycles. The summed E-state index contributed by atoms with van der Waals surface area (Å²) in [6.45, 7) is 0.400. The minimum atomic E-state index is -0.130. The van der Waals surface area contributed by atoms with Crippen LogP contribution in [0.15, 0.2) is 53.3 Å². The summed E-state index contributed by atoms with van der Waals surface area (Å²) in [6.07, 6.45) is 3.12. The first-order valence-corrected chi connectivity index (χ1v) is 7.10. The molecule has 0 radical (unpaired) electrons. The molecule has 0 bridgehead atoms. The van der Waals surface area contributed by atoms with Gasteiger partial charge in [-0.15, -0.1) is 0 Å². The lowest BCUT2D eigenvalue weighted by Crippen LogP contribution is -2.26. The Kier molecular flexibility index (Phi) is 3.98. The summed E-state index contributed by atoms with van der Waals surface area (Å²) in [7, 11) is 1.73. The molecule has 0 aliphatic rings. The smallest absolute Gasteiger partial charge is 0.257 e. The minimum Gasteiger partial charge on any atom is -0.467 e. The fourth-order valence-electron chi connectivity index (χ4n) is 2.20. The lowest BCUT2D eigenvalue weighted by Gasteiger charge is -2.15. The second-order valence-corrected chi connectivity index (χ2v) is 5.34. The number of aromatic nitrogens is 2. The van der Waals surface area contributed by atoms with Crippen LogP contribution in [0.4, 0.5) is 0 Å².